The topological polar surface area (TPSA) is 27.7 Å². The fraction of sp³-hybridized carbons (Fsp3) is 0.526. The van der Waals surface area contributed by atoms with Crippen LogP contribution >= 0.6 is 12.2 Å². The Bertz CT molecular complexity index is 558. The van der Waals surface area contributed by atoms with Gasteiger partial charge in [0.15, 0.2) is 0 Å². The molecule has 146 valence electrons. The van der Waals surface area contributed by atoms with Gasteiger partial charge >= 0.3 is 11.6 Å². The largest absolute Gasteiger partial charge is 0.573 e. The third-order valence-corrected chi connectivity index (χ3v) is 3.99. The molecule has 0 aliphatic carbocycles. The van der Waals surface area contributed by atoms with Gasteiger partial charge in [-0.1, -0.05) is 39.2 Å². The summed E-state index contributed by atoms with van der Waals surface area (Å²) in [6, 6.07) is 4.98. The standard InChI is InChI=1S/C19H25F3O3S/c1-4-6-7-8-9-17(14(3)5-2)24-18(26)23-15-10-12-16(13-11-15)25-19(20,21)22/h5,10-14,17H,2,4,6-9H2,1,3H3/t14-,17+/m1/s1. The molecule has 1 aromatic carbocycles. The van der Waals surface area contributed by atoms with Crippen molar-refractivity contribution in [3.8, 4) is 11.5 Å². The Morgan fingerprint density at radius 3 is 2.31 bits per heavy atom. The predicted octanol–water partition coefficient (Wildman–Crippen LogP) is 6.43. The van der Waals surface area contributed by atoms with Gasteiger partial charge in [-0.25, -0.2) is 0 Å². The van der Waals surface area contributed by atoms with Crippen molar-refractivity contribution < 1.29 is 27.4 Å². The Labute approximate surface area is 158 Å². The predicted molar refractivity (Wildman–Crippen MR) is 99.3 cm³/mol. The Hall–Kier alpha value is -1.76. The van der Waals surface area contributed by atoms with Gasteiger partial charge in [-0.15, -0.1) is 19.8 Å². The molecule has 1 aromatic rings. The van der Waals surface area contributed by atoms with Crippen LogP contribution in [-0.4, -0.2) is 17.7 Å². The first-order valence-corrected chi connectivity index (χ1v) is 9.02. The summed E-state index contributed by atoms with van der Waals surface area (Å²) in [7, 11) is 0. The summed E-state index contributed by atoms with van der Waals surface area (Å²) in [6.07, 6.45) is 2.21. The number of thiocarbonyl (C=S) groups is 1. The highest BCUT2D eigenvalue weighted by Crippen LogP contribution is 2.25. The van der Waals surface area contributed by atoms with E-state index in [-0.39, 0.29) is 28.8 Å². The van der Waals surface area contributed by atoms with E-state index in [0.717, 1.165) is 37.8 Å². The highest BCUT2D eigenvalue weighted by Gasteiger charge is 2.31. The Kier molecular flexibility index (Phi) is 9.48. The van der Waals surface area contributed by atoms with E-state index in [0.29, 0.717) is 0 Å². The van der Waals surface area contributed by atoms with Crippen LogP contribution in [0.4, 0.5) is 13.2 Å². The van der Waals surface area contributed by atoms with Crippen molar-refractivity contribution in [1.82, 2.24) is 0 Å². The SMILES string of the molecule is C=C[C@@H](C)[C@H](CCCCCC)OC(=S)Oc1ccc(OC(F)(F)F)cc1. The number of hydrogen-bond acceptors (Lipinski definition) is 4. The van der Waals surface area contributed by atoms with Gasteiger partial charge in [0, 0.05) is 18.1 Å². The minimum absolute atomic E-state index is 0.0660. The van der Waals surface area contributed by atoms with Crippen LogP contribution in [0.5, 0.6) is 11.5 Å². The molecule has 3 nitrogen and oxygen atoms in total. The van der Waals surface area contributed by atoms with Crippen LogP contribution in [0.25, 0.3) is 0 Å². The monoisotopic (exact) mass is 390 g/mol. The maximum absolute atomic E-state index is 12.2. The number of hydrogen-bond donors (Lipinski definition) is 0. The van der Waals surface area contributed by atoms with Crippen molar-refractivity contribution in [3.63, 3.8) is 0 Å². The molecule has 0 saturated carbocycles. The molecule has 0 radical (unpaired) electrons. The number of rotatable bonds is 10. The Morgan fingerprint density at radius 2 is 1.77 bits per heavy atom. The average molecular weight is 390 g/mol. The molecule has 0 aliphatic heterocycles. The second kappa shape index (κ2) is 11.1. The summed E-state index contributed by atoms with van der Waals surface area (Å²) in [5.74, 6) is 0.0482. The molecule has 0 unspecified atom stereocenters. The maximum atomic E-state index is 12.2. The van der Waals surface area contributed by atoms with Crippen LogP contribution in [0.15, 0.2) is 36.9 Å². The molecule has 0 saturated heterocycles. The number of alkyl halides is 3. The molecule has 2 atom stereocenters. The van der Waals surface area contributed by atoms with E-state index in [1.807, 2.05) is 6.92 Å². The van der Waals surface area contributed by atoms with Gasteiger partial charge in [-0.05, 0) is 37.1 Å². The average Bonchev–Trinajstić information content (AvgIpc) is 2.57. The molecular weight excluding hydrogens is 365 g/mol. The molecule has 0 bridgehead atoms. The Morgan fingerprint density at radius 1 is 1.15 bits per heavy atom. The number of benzene rings is 1. The van der Waals surface area contributed by atoms with E-state index >= 15 is 0 Å². The molecule has 26 heavy (non-hydrogen) atoms. The molecule has 0 amide bonds. The molecule has 1 rings (SSSR count). The highest BCUT2D eigenvalue weighted by molar-refractivity contribution is 7.79. The molecular formula is C19H25F3O3S. The van der Waals surface area contributed by atoms with Crippen molar-refractivity contribution in [2.75, 3.05) is 0 Å². The zero-order chi connectivity index (χ0) is 19.6. The lowest BCUT2D eigenvalue weighted by Crippen LogP contribution is -2.26. The zero-order valence-electron chi connectivity index (χ0n) is 15.1. The molecule has 0 aliphatic rings. The van der Waals surface area contributed by atoms with Gasteiger partial charge < -0.3 is 14.2 Å². The zero-order valence-corrected chi connectivity index (χ0v) is 15.9. The summed E-state index contributed by atoms with van der Waals surface area (Å²) in [5, 5.41) is -0.0660. The van der Waals surface area contributed by atoms with E-state index in [4.69, 9.17) is 21.7 Å². The lowest BCUT2D eigenvalue weighted by Gasteiger charge is -2.23. The maximum Gasteiger partial charge on any atom is 0.573 e. The van der Waals surface area contributed by atoms with Crippen LogP contribution in [0.2, 0.25) is 0 Å². The second-order valence-electron chi connectivity index (χ2n) is 5.97. The van der Waals surface area contributed by atoms with Crippen LogP contribution in [0, 0.1) is 5.92 Å². The van der Waals surface area contributed by atoms with Crippen LogP contribution < -0.4 is 9.47 Å². The van der Waals surface area contributed by atoms with Crippen molar-refractivity contribution >= 4 is 17.5 Å². The minimum atomic E-state index is -4.73. The smallest absolute Gasteiger partial charge is 0.453 e. The van der Waals surface area contributed by atoms with Gasteiger partial charge in [0.25, 0.3) is 0 Å². The summed E-state index contributed by atoms with van der Waals surface area (Å²) >= 11 is 5.11. The normalized spacial score (nSPS) is 13.6. The second-order valence-corrected chi connectivity index (χ2v) is 6.31. The van der Waals surface area contributed by atoms with Gasteiger partial charge in [-0.3, -0.25) is 0 Å². The molecule has 0 spiro atoms. The van der Waals surface area contributed by atoms with E-state index in [9.17, 15) is 13.2 Å². The molecule has 0 heterocycles. The van der Waals surface area contributed by atoms with Crippen LogP contribution in [-0.2, 0) is 4.74 Å². The number of ether oxygens (including phenoxy) is 3. The quantitative estimate of drug-likeness (QED) is 0.261. The van der Waals surface area contributed by atoms with Gasteiger partial charge in [0.1, 0.15) is 17.6 Å². The highest BCUT2D eigenvalue weighted by atomic mass is 32.1. The summed E-state index contributed by atoms with van der Waals surface area (Å²) in [5.41, 5.74) is 0. The molecule has 7 heteroatoms. The van der Waals surface area contributed by atoms with E-state index in [1.54, 1.807) is 6.08 Å². The first-order valence-electron chi connectivity index (χ1n) is 8.62. The van der Waals surface area contributed by atoms with Crippen molar-refractivity contribution in [2.24, 2.45) is 5.92 Å². The Balaban J connectivity index is 2.56. The van der Waals surface area contributed by atoms with Crippen molar-refractivity contribution in [3.05, 3.63) is 36.9 Å². The summed E-state index contributed by atoms with van der Waals surface area (Å²) in [6.45, 7) is 7.92. The first-order chi connectivity index (χ1) is 12.2. The first kappa shape index (κ1) is 22.3. The van der Waals surface area contributed by atoms with Crippen LogP contribution in [0.1, 0.15) is 46.0 Å². The third-order valence-electron chi connectivity index (χ3n) is 3.81. The number of unbranched alkanes of at least 4 members (excludes halogenated alkanes) is 3. The molecule has 0 fully saturated rings. The van der Waals surface area contributed by atoms with E-state index in [2.05, 4.69) is 18.2 Å². The lowest BCUT2D eigenvalue weighted by atomic mass is 9.99. The van der Waals surface area contributed by atoms with Crippen molar-refractivity contribution in [2.45, 2.75) is 58.4 Å². The lowest BCUT2D eigenvalue weighted by molar-refractivity contribution is -0.274. The van der Waals surface area contributed by atoms with Crippen LogP contribution in [0.3, 0.4) is 0 Å². The van der Waals surface area contributed by atoms with Gasteiger partial charge in [0.2, 0.25) is 0 Å². The number of halogens is 3. The van der Waals surface area contributed by atoms with E-state index < -0.39 is 6.36 Å². The van der Waals surface area contributed by atoms with E-state index in [1.165, 1.54) is 18.6 Å². The van der Waals surface area contributed by atoms with Gasteiger partial charge in [-0.2, -0.15) is 0 Å². The minimum Gasteiger partial charge on any atom is -0.453 e. The fourth-order valence-corrected chi connectivity index (χ4v) is 2.53. The fourth-order valence-electron chi connectivity index (χ4n) is 2.31. The third kappa shape index (κ3) is 9.08. The summed E-state index contributed by atoms with van der Waals surface area (Å²) < 4.78 is 51.4. The van der Waals surface area contributed by atoms with Gasteiger partial charge in [0.05, 0.1) is 0 Å². The summed E-state index contributed by atoms with van der Waals surface area (Å²) in [4.78, 5) is 0. The van der Waals surface area contributed by atoms with Crippen molar-refractivity contribution in [1.29, 1.82) is 0 Å². The molecule has 0 aromatic heterocycles. The molecule has 0 N–H and O–H groups in total.